The smallest absolute Gasteiger partial charge is 0.280 e. The molecule has 0 aromatic carbocycles. The molecule has 23 heavy (non-hydrogen) atoms. The number of carbonyl (C=O) groups excluding carboxylic acids is 1. The lowest BCUT2D eigenvalue weighted by atomic mass is 10.3. The van der Waals surface area contributed by atoms with Crippen molar-refractivity contribution < 1.29 is 9.35 Å². The van der Waals surface area contributed by atoms with Gasteiger partial charge in [0.2, 0.25) is 0 Å². The predicted octanol–water partition coefficient (Wildman–Crippen LogP) is 1.65. The molecule has 120 valence electrons. The van der Waals surface area contributed by atoms with Gasteiger partial charge in [0.1, 0.15) is 5.69 Å². The summed E-state index contributed by atoms with van der Waals surface area (Å²) in [7, 11) is 0. The lowest BCUT2D eigenvalue weighted by molar-refractivity contribution is -0.117. The van der Waals surface area contributed by atoms with Gasteiger partial charge < -0.3 is 4.55 Å². The largest absolute Gasteiger partial charge is 0.616 e. The van der Waals surface area contributed by atoms with Crippen LogP contribution in [0.1, 0.15) is 6.92 Å². The maximum Gasteiger partial charge on any atom is 0.280 e. The van der Waals surface area contributed by atoms with Crippen molar-refractivity contribution in [1.29, 1.82) is 0 Å². The van der Waals surface area contributed by atoms with Crippen molar-refractivity contribution in [3.63, 3.8) is 0 Å². The fourth-order valence-corrected chi connectivity index (χ4v) is 2.52. The van der Waals surface area contributed by atoms with E-state index in [9.17, 15) is 9.35 Å². The molecule has 2 aromatic rings. The molecule has 0 bridgehead atoms. The fraction of sp³-hybridized carbons (Fsp3) is 0.267. The van der Waals surface area contributed by atoms with Gasteiger partial charge in [0.05, 0.1) is 30.9 Å². The van der Waals surface area contributed by atoms with Gasteiger partial charge in [-0.05, 0) is 30.2 Å². The third-order valence-electron chi connectivity index (χ3n) is 3.21. The first-order chi connectivity index (χ1) is 11.0. The molecule has 6 nitrogen and oxygen atoms in total. The molecule has 8 heteroatoms. The van der Waals surface area contributed by atoms with E-state index in [1.807, 2.05) is 0 Å². The van der Waals surface area contributed by atoms with Crippen molar-refractivity contribution >= 4 is 34.4 Å². The zero-order valence-corrected chi connectivity index (χ0v) is 14.2. The standard InChI is InChI=1S/C15H15ClN4O2S/c1-4-8-19(15(21)11(2)23(3)22)13-10-20(18-14(13)16)12-6-5-7-17-9-12/h1,5-7,9-11H,8H2,2-3H3. The second-order valence-electron chi connectivity index (χ2n) is 4.73. The SMILES string of the molecule is C#CCN(C(=O)C(C)[S+](C)[O-])c1cn(-c2cccnc2)nc1Cl. The summed E-state index contributed by atoms with van der Waals surface area (Å²) in [6.07, 6.45) is 11.7. The van der Waals surface area contributed by atoms with E-state index in [4.69, 9.17) is 18.0 Å². The molecule has 0 saturated carbocycles. The molecule has 2 rings (SSSR count). The summed E-state index contributed by atoms with van der Waals surface area (Å²) in [5.41, 5.74) is 1.07. The van der Waals surface area contributed by atoms with E-state index in [0.717, 1.165) is 0 Å². The van der Waals surface area contributed by atoms with E-state index < -0.39 is 16.4 Å². The van der Waals surface area contributed by atoms with Crippen molar-refractivity contribution in [2.24, 2.45) is 0 Å². The number of aromatic nitrogens is 3. The first-order valence-corrected chi connectivity index (χ1v) is 8.68. The molecule has 0 aliphatic rings. The first-order valence-electron chi connectivity index (χ1n) is 6.68. The molecule has 0 radical (unpaired) electrons. The number of halogens is 1. The van der Waals surface area contributed by atoms with Gasteiger partial charge in [-0.3, -0.25) is 14.7 Å². The number of anilines is 1. The number of nitrogens with zero attached hydrogens (tertiary/aromatic N) is 4. The zero-order chi connectivity index (χ0) is 17.0. The Balaban J connectivity index is 2.39. The van der Waals surface area contributed by atoms with E-state index in [0.29, 0.717) is 11.4 Å². The van der Waals surface area contributed by atoms with Crippen LogP contribution in [0.15, 0.2) is 30.7 Å². The molecule has 2 heterocycles. The molecule has 0 N–H and O–H groups in total. The molecule has 2 atom stereocenters. The molecule has 2 aromatic heterocycles. The van der Waals surface area contributed by atoms with E-state index in [2.05, 4.69) is 16.0 Å². The van der Waals surface area contributed by atoms with Crippen LogP contribution in [0.5, 0.6) is 0 Å². The third-order valence-corrected chi connectivity index (χ3v) is 4.68. The zero-order valence-electron chi connectivity index (χ0n) is 12.6. The molecule has 1 amide bonds. The number of carbonyl (C=O) groups is 1. The summed E-state index contributed by atoms with van der Waals surface area (Å²) in [6, 6.07) is 3.56. The van der Waals surface area contributed by atoms with Crippen LogP contribution in [-0.4, -0.2) is 43.3 Å². The average molecular weight is 351 g/mol. The van der Waals surface area contributed by atoms with Crippen LogP contribution in [0.3, 0.4) is 0 Å². The summed E-state index contributed by atoms with van der Waals surface area (Å²) < 4.78 is 13.1. The van der Waals surface area contributed by atoms with Gasteiger partial charge in [-0.2, -0.15) is 5.10 Å². The van der Waals surface area contributed by atoms with Crippen molar-refractivity contribution in [2.75, 3.05) is 17.7 Å². The molecule has 0 fully saturated rings. The van der Waals surface area contributed by atoms with Crippen LogP contribution in [0.2, 0.25) is 5.15 Å². The summed E-state index contributed by atoms with van der Waals surface area (Å²) in [4.78, 5) is 17.8. The van der Waals surface area contributed by atoms with E-state index in [1.54, 1.807) is 37.6 Å². The maximum atomic E-state index is 12.5. The number of amides is 1. The van der Waals surface area contributed by atoms with Crippen LogP contribution in [-0.2, 0) is 16.0 Å². The van der Waals surface area contributed by atoms with Crippen LogP contribution < -0.4 is 4.90 Å². The number of pyridine rings is 1. The molecule has 0 saturated heterocycles. The molecule has 0 aliphatic carbocycles. The van der Waals surface area contributed by atoms with E-state index in [1.165, 1.54) is 15.8 Å². The Hall–Kier alpha value is -2.01. The maximum absolute atomic E-state index is 12.5. The average Bonchev–Trinajstić information content (AvgIpc) is 2.93. The van der Waals surface area contributed by atoms with Gasteiger partial charge in [0.15, 0.2) is 10.4 Å². The summed E-state index contributed by atoms with van der Waals surface area (Å²) in [5, 5.41) is 3.61. The number of hydrogen-bond donors (Lipinski definition) is 0. The molecular weight excluding hydrogens is 336 g/mol. The van der Waals surface area contributed by atoms with Crippen LogP contribution in [0.4, 0.5) is 5.69 Å². The number of hydrogen-bond acceptors (Lipinski definition) is 4. The van der Waals surface area contributed by atoms with Gasteiger partial charge >= 0.3 is 0 Å². The second-order valence-corrected chi connectivity index (χ2v) is 6.79. The Labute approximate surface area is 142 Å². The Morgan fingerprint density at radius 3 is 2.96 bits per heavy atom. The van der Waals surface area contributed by atoms with Crippen LogP contribution in [0.25, 0.3) is 5.69 Å². The topological polar surface area (TPSA) is 74.1 Å². The minimum absolute atomic E-state index is 0.0127. The predicted molar refractivity (Wildman–Crippen MR) is 91.1 cm³/mol. The quantitative estimate of drug-likeness (QED) is 0.607. The monoisotopic (exact) mass is 350 g/mol. The first kappa shape index (κ1) is 17.3. The Kier molecular flexibility index (Phi) is 5.66. The second kappa shape index (κ2) is 7.51. The normalized spacial score (nSPS) is 13.2. The molecule has 2 unspecified atom stereocenters. The van der Waals surface area contributed by atoms with Gasteiger partial charge in [0, 0.05) is 6.20 Å². The lowest BCUT2D eigenvalue weighted by Crippen LogP contribution is -2.41. The van der Waals surface area contributed by atoms with Crippen molar-refractivity contribution in [1.82, 2.24) is 14.8 Å². The van der Waals surface area contributed by atoms with Gasteiger partial charge in [-0.25, -0.2) is 4.68 Å². The summed E-state index contributed by atoms with van der Waals surface area (Å²) in [5.74, 6) is 2.05. The van der Waals surface area contributed by atoms with Crippen LogP contribution >= 0.6 is 11.6 Å². The van der Waals surface area contributed by atoms with Crippen molar-refractivity contribution in [2.45, 2.75) is 12.2 Å². The fourth-order valence-electron chi connectivity index (χ4n) is 1.88. The van der Waals surface area contributed by atoms with Gasteiger partial charge in [-0.1, -0.05) is 17.5 Å². The highest BCUT2D eigenvalue weighted by Gasteiger charge is 2.30. The van der Waals surface area contributed by atoms with Crippen molar-refractivity contribution in [3.8, 4) is 18.0 Å². The Morgan fingerprint density at radius 2 is 2.39 bits per heavy atom. The van der Waals surface area contributed by atoms with Crippen molar-refractivity contribution in [3.05, 3.63) is 35.9 Å². The number of rotatable bonds is 5. The molecule has 0 spiro atoms. The van der Waals surface area contributed by atoms with Crippen LogP contribution in [0, 0.1) is 12.3 Å². The van der Waals surface area contributed by atoms with Gasteiger partial charge in [0.25, 0.3) is 5.91 Å². The molecule has 0 aliphatic heterocycles. The Morgan fingerprint density at radius 1 is 1.65 bits per heavy atom. The highest BCUT2D eigenvalue weighted by molar-refractivity contribution is 7.92. The third kappa shape index (κ3) is 3.85. The highest BCUT2D eigenvalue weighted by atomic mass is 35.5. The Bertz CT molecular complexity index is 727. The summed E-state index contributed by atoms with van der Waals surface area (Å²) in [6.45, 7) is 1.60. The summed E-state index contributed by atoms with van der Waals surface area (Å²) >= 11 is 4.85. The highest BCUT2D eigenvalue weighted by Crippen LogP contribution is 2.27. The lowest BCUT2D eigenvalue weighted by Gasteiger charge is -2.22. The van der Waals surface area contributed by atoms with E-state index in [-0.39, 0.29) is 17.6 Å². The van der Waals surface area contributed by atoms with E-state index >= 15 is 0 Å². The van der Waals surface area contributed by atoms with Gasteiger partial charge in [-0.15, -0.1) is 6.42 Å². The number of terminal acetylenes is 1. The minimum atomic E-state index is -1.31. The molecular formula is C15H15ClN4O2S. The minimum Gasteiger partial charge on any atom is -0.616 e.